The molecule has 0 aromatic heterocycles. The minimum atomic E-state index is -1.26. The molecular weight excluding hydrogens is 740 g/mol. The van der Waals surface area contributed by atoms with Crippen molar-refractivity contribution in [3.8, 4) is 0 Å². The Morgan fingerprint density at radius 2 is 1.75 bits per heavy atom. The van der Waals surface area contributed by atoms with E-state index in [1.54, 1.807) is 22.0 Å². The van der Waals surface area contributed by atoms with Crippen molar-refractivity contribution in [2.45, 2.75) is 81.0 Å². The van der Waals surface area contributed by atoms with Crippen molar-refractivity contribution in [1.82, 2.24) is 10.2 Å². The Morgan fingerprint density at radius 1 is 1.06 bits per heavy atom. The van der Waals surface area contributed by atoms with E-state index < -0.39 is 47.5 Å². The van der Waals surface area contributed by atoms with Crippen molar-refractivity contribution in [3.63, 3.8) is 0 Å². The predicted octanol–water partition coefficient (Wildman–Crippen LogP) is 5.33. The SMILES string of the molecule is C=CCCC(=O)OC[C@H](NC(=O)[C@H]1[C@@H]2O[C@@]3(CC2Br)[C@@H]1C(=O)N(CCCCCO)[C@@H]3C(=O)N(CC=C)c1ccc(N(CC)CC)cc1)c1ccccc1. The first-order chi connectivity index (χ1) is 25.6. The number of rotatable bonds is 20. The van der Waals surface area contributed by atoms with Gasteiger partial charge in [0.2, 0.25) is 11.8 Å². The summed E-state index contributed by atoms with van der Waals surface area (Å²) in [5.41, 5.74) is 1.20. The fraction of sp³-hybridized carbons (Fsp3) is 0.512. The van der Waals surface area contributed by atoms with Gasteiger partial charge in [-0.15, -0.1) is 13.2 Å². The Labute approximate surface area is 321 Å². The van der Waals surface area contributed by atoms with Gasteiger partial charge < -0.3 is 34.6 Å². The van der Waals surface area contributed by atoms with E-state index in [0.29, 0.717) is 37.8 Å². The normalized spacial score (nSPS) is 24.7. The highest BCUT2D eigenvalue weighted by atomic mass is 79.9. The molecule has 3 fully saturated rings. The van der Waals surface area contributed by atoms with Crippen LogP contribution in [0.3, 0.4) is 0 Å². The maximum atomic E-state index is 15.0. The molecule has 2 N–H and O–H groups in total. The molecule has 2 bridgehead atoms. The van der Waals surface area contributed by atoms with Gasteiger partial charge in [0.25, 0.3) is 5.91 Å². The van der Waals surface area contributed by atoms with E-state index in [2.05, 4.69) is 53.2 Å². The molecule has 3 saturated heterocycles. The number of alkyl halides is 1. The van der Waals surface area contributed by atoms with Gasteiger partial charge in [-0.3, -0.25) is 19.2 Å². The number of hydrogen-bond acceptors (Lipinski definition) is 8. The van der Waals surface area contributed by atoms with Gasteiger partial charge in [-0.2, -0.15) is 0 Å². The molecule has 7 atom stereocenters. The molecule has 1 spiro atoms. The summed E-state index contributed by atoms with van der Waals surface area (Å²) in [6.07, 6.45) is 5.48. The van der Waals surface area contributed by atoms with Crippen LogP contribution in [0.4, 0.5) is 11.4 Å². The van der Waals surface area contributed by atoms with Gasteiger partial charge in [-0.05, 0) is 75.8 Å². The van der Waals surface area contributed by atoms with Gasteiger partial charge in [0.05, 0.1) is 24.0 Å². The summed E-state index contributed by atoms with van der Waals surface area (Å²) >= 11 is 3.77. The third kappa shape index (κ3) is 8.39. The molecule has 0 radical (unpaired) electrons. The molecule has 1 unspecified atom stereocenters. The number of carbonyl (C=O) groups excluding carboxylic acids is 4. The van der Waals surface area contributed by atoms with E-state index in [4.69, 9.17) is 9.47 Å². The molecule has 11 nitrogen and oxygen atoms in total. The fourth-order valence-corrected chi connectivity index (χ4v) is 9.14. The van der Waals surface area contributed by atoms with E-state index in [9.17, 15) is 24.3 Å². The average molecular weight is 794 g/mol. The Bertz CT molecular complexity index is 1600. The smallest absolute Gasteiger partial charge is 0.306 e. The second kappa shape index (κ2) is 18.4. The molecule has 53 heavy (non-hydrogen) atoms. The topological polar surface area (TPSA) is 129 Å². The zero-order chi connectivity index (χ0) is 38.1. The first kappa shape index (κ1) is 40.2. The monoisotopic (exact) mass is 792 g/mol. The van der Waals surface area contributed by atoms with Crippen molar-refractivity contribution in [3.05, 3.63) is 85.5 Å². The number of aliphatic hydroxyl groups is 1. The molecule has 5 rings (SSSR count). The minimum absolute atomic E-state index is 0.0317. The largest absolute Gasteiger partial charge is 0.463 e. The Kier molecular flexibility index (Phi) is 13.9. The van der Waals surface area contributed by atoms with E-state index in [0.717, 1.165) is 24.3 Å². The number of carbonyl (C=O) groups is 4. The Hall–Kier alpha value is -4.00. The van der Waals surface area contributed by atoms with Crippen molar-refractivity contribution in [2.24, 2.45) is 11.8 Å². The van der Waals surface area contributed by atoms with Gasteiger partial charge in [-0.1, -0.05) is 58.4 Å². The lowest BCUT2D eigenvalue weighted by molar-refractivity contribution is -0.145. The first-order valence-electron chi connectivity index (χ1n) is 18.8. The molecule has 3 amide bonds. The molecule has 12 heteroatoms. The van der Waals surface area contributed by atoms with Crippen LogP contribution >= 0.6 is 15.9 Å². The third-order valence-electron chi connectivity index (χ3n) is 10.7. The van der Waals surface area contributed by atoms with Gasteiger partial charge in [-0.25, -0.2) is 0 Å². The number of anilines is 2. The zero-order valence-electron chi connectivity index (χ0n) is 30.8. The first-order valence-corrected chi connectivity index (χ1v) is 19.7. The van der Waals surface area contributed by atoms with E-state index in [1.165, 1.54) is 0 Å². The number of hydrogen-bond donors (Lipinski definition) is 2. The number of esters is 1. The number of likely N-dealkylation sites (tertiary alicyclic amines) is 1. The highest BCUT2D eigenvalue weighted by Gasteiger charge is 2.76. The summed E-state index contributed by atoms with van der Waals surface area (Å²) in [5, 5.41) is 12.5. The summed E-state index contributed by atoms with van der Waals surface area (Å²) in [4.78, 5) is 61.8. The number of ether oxygens (including phenoxy) is 2. The van der Waals surface area contributed by atoms with Crippen LogP contribution in [-0.2, 0) is 28.7 Å². The lowest BCUT2D eigenvalue weighted by atomic mass is 9.70. The number of halogens is 1. The second-order valence-electron chi connectivity index (χ2n) is 13.9. The van der Waals surface area contributed by atoms with Gasteiger partial charge in [0.1, 0.15) is 18.2 Å². The molecule has 286 valence electrons. The summed E-state index contributed by atoms with van der Waals surface area (Å²) in [6, 6.07) is 15.4. The fourth-order valence-electron chi connectivity index (χ4n) is 8.19. The lowest BCUT2D eigenvalue weighted by Crippen LogP contribution is -2.57. The van der Waals surface area contributed by atoms with E-state index in [1.807, 2.05) is 54.6 Å². The number of nitrogens with zero attached hydrogens (tertiary/aromatic N) is 3. The van der Waals surface area contributed by atoms with Crippen molar-refractivity contribution in [1.29, 1.82) is 0 Å². The number of amides is 3. The van der Waals surface area contributed by atoms with E-state index in [-0.39, 0.29) is 49.4 Å². The van der Waals surface area contributed by atoms with Crippen molar-refractivity contribution < 1.29 is 33.8 Å². The third-order valence-corrected chi connectivity index (χ3v) is 11.6. The highest BCUT2D eigenvalue weighted by Crippen LogP contribution is 2.60. The molecule has 0 saturated carbocycles. The number of nitrogens with one attached hydrogen (secondary N) is 1. The number of benzene rings is 2. The van der Waals surface area contributed by atoms with Crippen LogP contribution in [0, 0.1) is 11.8 Å². The highest BCUT2D eigenvalue weighted by molar-refractivity contribution is 9.09. The Balaban J connectivity index is 1.47. The summed E-state index contributed by atoms with van der Waals surface area (Å²) in [7, 11) is 0. The maximum absolute atomic E-state index is 15.0. The van der Waals surface area contributed by atoms with Crippen LogP contribution in [0.5, 0.6) is 0 Å². The van der Waals surface area contributed by atoms with Crippen LogP contribution in [0.15, 0.2) is 79.9 Å². The molecule has 2 aromatic rings. The summed E-state index contributed by atoms with van der Waals surface area (Å²) in [5.74, 6) is -3.21. The van der Waals surface area contributed by atoms with Crippen LogP contribution in [0.25, 0.3) is 0 Å². The zero-order valence-corrected chi connectivity index (χ0v) is 32.4. The number of allylic oxidation sites excluding steroid dienone is 1. The minimum Gasteiger partial charge on any atom is -0.463 e. The number of unbranched alkanes of at least 4 members (excludes halogenated alkanes) is 2. The second-order valence-corrected chi connectivity index (χ2v) is 15.1. The predicted molar refractivity (Wildman–Crippen MR) is 209 cm³/mol. The molecule has 3 heterocycles. The van der Waals surface area contributed by atoms with E-state index >= 15 is 0 Å². The van der Waals surface area contributed by atoms with Gasteiger partial charge in [0, 0.05) is 55.4 Å². The molecule has 3 aliphatic heterocycles. The average Bonchev–Trinajstić information content (AvgIpc) is 3.77. The maximum Gasteiger partial charge on any atom is 0.306 e. The molecule has 3 aliphatic rings. The molecular formula is C41H53BrN4O7. The van der Waals surface area contributed by atoms with Gasteiger partial charge in [0.15, 0.2) is 0 Å². The molecule has 2 aromatic carbocycles. The summed E-state index contributed by atoms with van der Waals surface area (Å²) in [6.45, 7) is 13.9. The Morgan fingerprint density at radius 3 is 2.40 bits per heavy atom. The lowest BCUT2D eigenvalue weighted by Gasteiger charge is -2.37. The quantitative estimate of drug-likeness (QED) is 0.0798. The number of aliphatic hydroxyl groups excluding tert-OH is 1. The molecule has 0 aliphatic carbocycles. The number of fused-ring (bicyclic) bond motifs is 1. The van der Waals surface area contributed by atoms with Crippen molar-refractivity contribution in [2.75, 3.05) is 49.2 Å². The standard InChI is InChI=1S/C41H53BrN4O7/c1-5-9-18-33(48)52-27-32(28-16-12-10-13-17-28)43-38(49)34-35-39(50)46(24-14-11-15-25-47)37(41(35)26-31(42)36(34)53-41)40(51)45(23-6-2)30-21-19-29(20-22-30)44(7-3)8-4/h5-6,10,12-13,16-17,19-22,31-32,34-37,47H,1-2,7-9,11,14-15,18,23-27H2,3-4H3,(H,43,49)/t31?,32-,34+,35-,36+,37+,41-/m0/s1. The summed E-state index contributed by atoms with van der Waals surface area (Å²) < 4.78 is 12.4. The van der Waals surface area contributed by atoms with Gasteiger partial charge >= 0.3 is 5.97 Å². The van der Waals surface area contributed by atoms with Crippen molar-refractivity contribution >= 4 is 51.0 Å². The van der Waals surface area contributed by atoms with Crippen LogP contribution in [0.1, 0.15) is 64.0 Å². The van der Waals surface area contributed by atoms with Crippen LogP contribution in [0.2, 0.25) is 0 Å². The van der Waals surface area contributed by atoms with Crippen LogP contribution < -0.4 is 15.1 Å². The van der Waals surface area contributed by atoms with Crippen LogP contribution in [-0.4, -0.2) is 95.7 Å².